The van der Waals surface area contributed by atoms with E-state index in [1.807, 2.05) is 19.2 Å². The van der Waals surface area contributed by atoms with Crippen molar-refractivity contribution in [3.8, 4) is 5.75 Å². The summed E-state index contributed by atoms with van der Waals surface area (Å²) in [6, 6.07) is 6.94. The lowest BCUT2D eigenvalue weighted by atomic mass is 9.88. The van der Waals surface area contributed by atoms with Crippen LogP contribution in [0.1, 0.15) is 43.2 Å². The van der Waals surface area contributed by atoms with Crippen molar-refractivity contribution < 1.29 is 14.6 Å². The molecule has 0 spiro atoms. The minimum Gasteiger partial charge on any atom is -0.487 e. The summed E-state index contributed by atoms with van der Waals surface area (Å²) in [5.41, 5.74) is 2.27. The molecule has 2 aromatic rings. The molecule has 0 bridgehead atoms. The molecule has 2 unspecified atom stereocenters. The predicted octanol–water partition coefficient (Wildman–Crippen LogP) is 3.25. The van der Waals surface area contributed by atoms with Crippen LogP contribution in [0.2, 0.25) is 0 Å². The Morgan fingerprint density at radius 1 is 1.42 bits per heavy atom. The Hall–Kier alpha value is -1.92. The van der Waals surface area contributed by atoms with Crippen molar-refractivity contribution in [2.24, 2.45) is 5.92 Å². The maximum Gasteiger partial charge on any atom is 0.251 e. The highest BCUT2D eigenvalue weighted by atomic mass is 32.1. The lowest BCUT2D eigenvalue weighted by Crippen LogP contribution is -2.45. The smallest absolute Gasteiger partial charge is 0.251 e. The van der Waals surface area contributed by atoms with E-state index in [4.69, 9.17) is 4.74 Å². The molecule has 2 rings (SSSR count). The van der Waals surface area contributed by atoms with Crippen molar-refractivity contribution in [2.75, 3.05) is 6.54 Å². The summed E-state index contributed by atoms with van der Waals surface area (Å²) in [5.74, 6) is 0.593. The average Bonchev–Trinajstić information content (AvgIpc) is 3.11. The summed E-state index contributed by atoms with van der Waals surface area (Å²) < 4.78 is 5.62. The fraction of sp³-hybridized carbons (Fsp3) is 0.444. The summed E-state index contributed by atoms with van der Waals surface area (Å²) in [5, 5.41) is 15.1. The van der Waals surface area contributed by atoms with Crippen LogP contribution in [-0.2, 0) is 6.61 Å². The van der Waals surface area contributed by atoms with E-state index in [0.717, 1.165) is 12.1 Å². The molecular weight excluding hydrogens is 324 g/mol. The Labute approximate surface area is 146 Å². The fourth-order valence-corrected chi connectivity index (χ4v) is 2.69. The maximum absolute atomic E-state index is 12.2. The van der Waals surface area contributed by atoms with Crippen LogP contribution >= 0.6 is 11.3 Å². The molecule has 1 heterocycles. The zero-order valence-electron chi connectivity index (χ0n) is 14.3. The molecule has 0 aliphatic rings. The number of nitrogens with zero attached hydrogens (tertiary/aromatic N) is 1. The van der Waals surface area contributed by atoms with Gasteiger partial charge in [-0.05, 0) is 37.1 Å². The Kier molecular flexibility index (Phi) is 6.34. The van der Waals surface area contributed by atoms with Crippen molar-refractivity contribution in [1.82, 2.24) is 10.3 Å². The molecular formula is C18H24N2O3S. The van der Waals surface area contributed by atoms with E-state index in [1.165, 1.54) is 11.3 Å². The van der Waals surface area contributed by atoms with Crippen LogP contribution in [0, 0.1) is 5.92 Å². The molecule has 0 aliphatic heterocycles. The number of thiazole rings is 1. The fourth-order valence-electron chi connectivity index (χ4n) is 2.14. The van der Waals surface area contributed by atoms with Gasteiger partial charge in [-0.3, -0.25) is 4.79 Å². The van der Waals surface area contributed by atoms with Gasteiger partial charge >= 0.3 is 0 Å². The second-order valence-electron chi connectivity index (χ2n) is 6.14. The number of hydrogen-bond acceptors (Lipinski definition) is 5. The van der Waals surface area contributed by atoms with Gasteiger partial charge in [0.05, 0.1) is 16.8 Å². The molecule has 0 saturated carbocycles. The van der Waals surface area contributed by atoms with Crippen molar-refractivity contribution in [2.45, 2.75) is 39.4 Å². The number of amides is 1. The highest BCUT2D eigenvalue weighted by Gasteiger charge is 2.27. The Balaban J connectivity index is 1.86. The second-order valence-corrected chi connectivity index (χ2v) is 6.86. The van der Waals surface area contributed by atoms with Gasteiger partial charge in [0.1, 0.15) is 12.4 Å². The number of hydrogen-bond donors (Lipinski definition) is 2. The molecule has 2 atom stereocenters. The number of aromatic nitrogens is 1. The molecule has 1 aromatic heterocycles. The van der Waals surface area contributed by atoms with E-state index < -0.39 is 5.60 Å². The van der Waals surface area contributed by atoms with Crippen LogP contribution in [0.15, 0.2) is 35.2 Å². The van der Waals surface area contributed by atoms with Crippen molar-refractivity contribution in [1.29, 1.82) is 0 Å². The molecule has 24 heavy (non-hydrogen) atoms. The molecule has 130 valence electrons. The van der Waals surface area contributed by atoms with Gasteiger partial charge in [-0.25, -0.2) is 4.98 Å². The summed E-state index contributed by atoms with van der Waals surface area (Å²) in [7, 11) is 0. The van der Waals surface area contributed by atoms with E-state index in [9.17, 15) is 9.90 Å². The lowest BCUT2D eigenvalue weighted by molar-refractivity contribution is 0.00592. The molecule has 5 nitrogen and oxygen atoms in total. The molecule has 0 saturated heterocycles. The van der Waals surface area contributed by atoms with Gasteiger partial charge in [0.15, 0.2) is 0 Å². The van der Waals surface area contributed by atoms with Gasteiger partial charge in [0, 0.05) is 17.5 Å². The zero-order chi connectivity index (χ0) is 17.6. The molecule has 0 fully saturated rings. The van der Waals surface area contributed by atoms with Gasteiger partial charge in [-0.15, -0.1) is 11.3 Å². The first-order valence-corrected chi connectivity index (χ1v) is 8.97. The van der Waals surface area contributed by atoms with Crippen molar-refractivity contribution in [3.63, 3.8) is 0 Å². The van der Waals surface area contributed by atoms with Gasteiger partial charge in [-0.2, -0.15) is 0 Å². The first kappa shape index (κ1) is 18.4. The van der Waals surface area contributed by atoms with Crippen LogP contribution in [0.5, 0.6) is 5.75 Å². The van der Waals surface area contributed by atoms with Crippen molar-refractivity contribution in [3.05, 3.63) is 46.4 Å². The number of aliphatic hydroxyl groups is 1. The number of nitrogens with one attached hydrogen (secondary N) is 1. The zero-order valence-corrected chi connectivity index (χ0v) is 15.1. The minimum atomic E-state index is -0.916. The van der Waals surface area contributed by atoms with Gasteiger partial charge < -0.3 is 15.2 Å². The summed E-state index contributed by atoms with van der Waals surface area (Å²) in [4.78, 5) is 16.3. The van der Waals surface area contributed by atoms with E-state index in [1.54, 1.807) is 36.7 Å². The molecule has 0 aliphatic carbocycles. The summed E-state index contributed by atoms with van der Waals surface area (Å²) in [6.45, 7) is 6.37. The molecule has 6 heteroatoms. The standard InChI is InChI=1S/C18H24N2O3S/c1-4-13(2)18(3,22)11-19-17(21)14-5-7-16(8-6-14)23-9-15-10-24-12-20-15/h5-8,10,12-13,22H,4,9,11H2,1-3H3,(H,19,21). The average molecular weight is 348 g/mol. The third-order valence-corrected chi connectivity index (χ3v) is 4.90. The van der Waals surface area contributed by atoms with Gasteiger partial charge in [0.25, 0.3) is 5.91 Å². The molecule has 1 aromatic carbocycles. The van der Waals surface area contributed by atoms with Gasteiger partial charge in [0.2, 0.25) is 0 Å². The SMILES string of the molecule is CCC(C)C(C)(O)CNC(=O)c1ccc(OCc2cscn2)cc1. The monoisotopic (exact) mass is 348 g/mol. The number of ether oxygens (including phenoxy) is 1. The Bertz CT molecular complexity index is 639. The number of rotatable bonds is 8. The van der Waals surface area contributed by atoms with Crippen LogP contribution in [0.3, 0.4) is 0 Å². The molecule has 1 amide bonds. The highest BCUT2D eigenvalue weighted by molar-refractivity contribution is 7.07. The van der Waals surface area contributed by atoms with Crippen LogP contribution < -0.4 is 10.1 Å². The van der Waals surface area contributed by atoms with Crippen LogP contribution in [0.4, 0.5) is 0 Å². The molecule has 2 N–H and O–H groups in total. The number of carbonyl (C=O) groups excluding carboxylic acids is 1. The minimum absolute atomic E-state index is 0.110. The quantitative estimate of drug-likeness (QED) is 0.768. The summed E-state index contributed by atoms with van der Waals surface area (Å²) >= 11 is 1.53. The van der Waals surface area contributed by atoms with Crippen LogP contribution in [0.25, 0.3) is 0 Å². The van der Waals surface area contributed by atoms with Crippen molar-refractivity contribution >= 4 is 17.2 Å². The topological polar surface area (TPSA) is 71.5 Å². The highest BCUT2D eigenvalue weighted by Crippen LogP contribution is 2.19. The van der Waals surface area contributed by atoms with E-state index >= 15 is 0 Å². The lowest BCUT2D eigenvalue weighted by Gasteiger charge is -2.29. The second kappa shape index (κ2) is 8.26. The number of carbonyl (C=O) groups is 1. The largest absolute Gasteiger partial charge is 0.487 e. The van der Waals surface area contributed by atoms with Gasteiger partial charge in [-0.1, -0.05) is 20.3 Å². The first-order valence-electron chi connectivity index (χ1n) is 8.03. The number of benzene rings is 1. The van der Waals surface area contributed by atoms with E-state index in [2.05, 4.69) is 10.3 Å². The first-order chi connectivity index (χ1) is 11.4. The van der Waals surface area contributed by atoms with E-state index in [0.29, 0.717) is 17.9 Å². The third-order valence-electron chi connectivity index (χ3n) is 4.27. The summed E-state index contributed by atoms with van der Waals surface area (Å²) in [6.07, 6.45) is 0.855. The Morgan fingerprint density at radius 3 is 2.71 bits per heavy atom. The van der Waals surface area contributed by atoms with Crippen LogP contribution in [-0.4, -0.2) is 28.1 Å². The molecule has 0 radical (unpaired) electrons. The third kappa shape index (κ3) is 5.04. The maximum atomic E-state index is 12.2. The normalized spacial score (nSPS) is 14.7. The Morgan fingerprint density at radius 2 is 2.12 bits per heavy atom. The predicted molar refractivity (Wildman–Crippen MR) is 95.3 cm³/mol. The van der Waals surface area contributed by atoms with E-state index in [-0.39, 0.29) is 18.4 Å².